The maximum Gasteiger partial charge on any atom is 0.226 e. The van der Waals surface area contributed by atoms with Crippen molar-refractivity contribution in [3.05, 3.63) is 88.2 Å². The van der Waals surface area contributed by atoms with Crippen molar-refractivity contribution in [2.75, 3.05) is 22.2 Å². The lowest BCUT2D eigenvalue weighted by molar-refractivity contribution is -0.118. The molecule has 208 valence electrons. The van der Waals surface area contributed by atoms with Gasteiger partial charge in [0, 0.05) is 46.8 Å². The molecule has 1 aromatic heterocycles. The molecule has 0 spiro atoms. The molecule has 0 radical (unpaired) electrons. The second-order valence-corrected chi connectivity index (χ2v) is 12.4. The Labute approximate surface area is 247 Å². The summed E-state index contributed by atoms with van der Waals surface area (Å²) in [7, 11) is 2.11. The Bertz CT molecular complexity index is 1520. The first kappa shape index (κ1) is 28.1. The van der Waals surface area contributed by atoms with E-state index in [1.54, 1.807) is 6.20 Å². The zero-order valence-electron chi connectivity index (χ0n) is 24.0. The van der Waals surface area contributed by atoms with E-state index in [2.05, 4.69) is 77.5 Å². The summed E-state index contributed by atoms with van der Waals surface area (Å²) < 4.78 is 0. The number of carbonyl (C=O) groups is 1. The predicted octanol–water partition coefficient (Wildman–Crippen LogP) is 7.45. The summed E-state index contributed by atoms with van der Waals surface area (Å²) in [6, 6.07) is 15.7. The Morgan fingerprint density at radius 1 is 1.15 bits per heavy atom. The first-order valence-electron chi connectivity index (χ1n) is 13.6. The average Bonchev–Trinajstić information content (AvgIpc) is 3.25. The molecule has 2 N–H and O–H groups in total. The van der Waals surface area contributed by atoms with Crippen LogP contribution in [0.2, 0.25) is 5.02 Å². The van der Waals surface area contributed by atoms with E-state index in [1.165, 1.54) is 5.57 Å². The van der Waals surface area contributed by atoms with E-state index < -0.39 is 0 Å². The topological polar surface area (TPSA) is 60.5 Å². The van der Waals surface area contributed by atoms with Crippen LogP contribution in [-0.4, -0.2) is 28.6 Å². The number of aryl methyl sites for hydroxylation is 1. The van der Waals surface area contributed by atoms with Crippen molar-refractivity contribution in [3.63, 3.8) is 0 Å². The summed E-state index contributed by atoms with van der Waals surface area (Å²) in [5, 5.41) is 7.83. The fourth-order valence-electron chi connectivity index (χ4n) is 5.58. The predicted molar refractivity (Wildman–Crippen MR) is 170 cm³/mol. The van der Waals surface area contributed by atoms with Crippen LogP contribution < -0.4 is 20.4 Å². The number of halogens is 1. The van der Waals surface area contributed by atoms with Gasteiger partial charge < -0.3 is 20.4 Å². The van der Waals surface area contributed by atoms with Crippen molar-refractivity contribution in [2.45, 2.75) is 59.2 Å². The molecule has 5 rings (SSSR count). The van der Waals surface area contributed by atoms with Crippen molar-refractivity contribution in [1.29, 1.82) is 0 Å². The summed E-state index contributed by atoms with van der Waals surface area (Å²) in [4.78, 5) is 21.4. The van der Waals surface area contributed by atoms with Gasteiger partial charge in [0.25, 0.3) is 0 Å². The molecular weight excluding hydrogens is 538 g/mol. The van der Waals surface area contributed by atoms with E-state index in [4.69, 9.17) is 23.8 Å². The van der Waals surface area contributed by atoms with Gasteiger partial charge in [-0.2, -0.15) is 0 Å². The molecule has 2 aliphatic rings. The highest BCUT2D eigenvalue weighted by molar-refractivity contribution is 7.80. The highest BCUT2D eigenvalue weighted by Gasteiger charge is 2.42. The fourth-order valence-corrected chi connectivity index (χ4v) is 6.19. The number of hydrogen-bond acceptors (Lipinski definition) is 4. The number of amides is 1. The van der Waals surface area contributed by atoms with Crippen LogP contribution in [0.5, 0.6) is 0 Å². The van der Waals surface area contributed by atoms with Crippen LogP contribution in [0.4, 0.5) is 17.1 Å². The number of anilines is 3. The number of fused-ring (bicyclic) bond motifs is 1. The minimum atomic E-state index is -0.247. The van der Waals surface area contributed by atoms with Crippen LogP contribution in [0.3, 0.4) is 0 Å². The Balaban J connectivity index is 1.64. The Hall–Kier alpha value is -3.42. The summed E-state index contributed by atoms with van der Waals surface area (Å²) in [6.45, 7) is 12.3. The van der Waals surface area contributed by atoms with E-state index in [-0.39, 0.29) is 29.4 Å². The summed E-state index contributed by atoms with van der Waals surface area (Å²) in [6.07, 6.45) is 4.10. The van der Waals surface area contributed by atoms with Gasteiger partial charge in [0.2, 0.25) is 5.91 Å². The molecule has 6 nitrogen and oxygen atoms in total. The first-order chi connectivity index (χ1) is 18.9. The lowest BCUT2D eigenvalue weighted by Crippen LogP contribution is -2.42. The monoisotopic (exact) mass is 573 g/mol. The third-order valence-corrected chi connectivity index (χ3v) is 8.66. The molecular formula is C32H36ClN5OS. The number of nitrogens with zero attached hydrogens (tertiary/aromatic N) is 3. The Kier molecular flexibility index (Phi) is 7.40. The van der Waals surface area contributed by atoms with Crippen molar-refractivity contribution < 1.29 is 4.79 Å². The first-order valence-corrected chi connectivity index (χ1v) is 14.4. The van der Waals surface area contributed by atoms with Gasteiger partial charge in [-0.1, -0.05) is 37.6 Å². The molecule has 1 saturated heterocycles. The molecule has 2 atom stereocenters. The van der Waals surface area contributed by atoms with Crippen LogP contribution in [-0.2, 0) is 4.79 Å². The zero-order chi connectivity index (χ0) is 28.9. The van der Waals surface area contributed by atoms with Crippen LogP contribution in [0, 0.1) is 12.8 Å². The van der Waals surface area contributed by atoms with Crippen molar-refractivity contribution in [1.82, 2.24) is 10.3 Å². The normalized spacial score (nSPS) is 19.8. The van der Waals surface area contributed by atoms with Gasteiger partial charge in [-0.25, -0.2) is 0 Å². The number of hydrogen-bond donors (Lipinski definition) is 2. The largest absolute Gasteiger partial charge is 0.365 e. The fraction of sp³-hybridized carbons (Fsp3) is 0.344. The molecule has 0 unspecified atom stereocenters. The smallest absolute Gasteiger partial charge is 0.226 e. The molecule has 40 heavy (non-hydrogen) atoms. The van der Waals surface area contributed by atoms with E-state index in [0.29, 0.717) is 10.1 Å². The average molecular weight is 574 g/mol. The minimum Gasteiger partial charge on any atom is -0.365 e. The van der Waals surface area contributed by atoms with Crippen molar-refractivity contribution in [2.24, 2.45) is 5.92 Å². The highest BCUT2D eigenvalue weighted by atomic mass is 35.5. The van der Waals surface area contributed by atoms with Crippen LogP contribution in [0.15, 0.2) is 60.8 Å². The molecule has 8 heteroatoms. The van der Waals surface area contributed by atoms with Crippen molar-refractivity contribution in [3.8, 4) is 0 Å². The van der Waals surface area contributed by atoms with E-state index in [0.717, 1.165) is 39.4 Å². The summed E-state index contributed by atoms with van der Waals surface area (Å²) in [5.41, 5.74) is 7.87. The number of benzene rings is 2. The number of nitrogens with one attached hydrogen (secondary N) is 2. The number of allylic oxidation sites excluding steroid dienone is 1. The molecule has 0 bridgehead atoms. The highest BCUT2D eigenvalue weighted by Crippen LogP contribution is 2.48. The molecule has 2 aromatic carbocycles. The number of rotatable bonds is 5. The van der Waals surface area contributed by atoms with Crippen LogP contribution in [0.1, 0.15) is 69.1 Å². The molecule has 2 aliphatic heterocycles. The second kappa shape index (κ2) is 10.5. The lowest BCUT2D eigenvalue weighted by Gasteiger charge is -2.41. The molecule has 0 aliphatic carbocycles. The standard InChI is InChI=1S/C32H36ClN5OS/c1-18(2)30(39)35-25-12-11-21(14-19(25)3)38-29(28(36-31(38)40)26-10-8-9-13-34-26)23-15-22-20(4)17-32(5,6)37(7)27(22)16-24(23)33/h8-18,28-29H,1-7H3,(H,35,39)(H,36,40)/t28-,29+/m1/s1. The maximum atomic E-state index is 12.4. The van der Waals surface area contributed by atoms with Gasteiger partial charge in [-0.3, -0.25) is 9.78 Å². The number of likely N-dealkylation sites (N-methyl/N-ethyl adjacent to an activating group) is 1. The maximum absolute atomic E-state index is 12.4. The van der Waals surface area contributed by atoms with Gasteiger partial charge in [0.1, 0.15) is 0 Å². The second-order valence-electron chi connectivity index (χ2n) is 11.6. The Morgan fingerprint density at radius 3 is 2.55 bits per heavy atom. The van der Waals surface area contributed by atoms with Gasteiger partial charge in [0.15, 0.2) is 5.11 Å². The van der Waals surface area contributed by atoms with Crippen LogP contribution in [0.25, 0.3) is 5.57 Å². The SMILES string of the molecule is CC1=CC(C)(C)N(C)c2cc(Cl)c([C@H]3[C@@H](c4ccccn4)NC(=S)N3c3ccc(NC(=O)C(C)C)c(C)c3)cc21. The van der Waals surface area contributed by atoms with E-state index in [9.17, 15) is 4.79 Å². The van der Waals surface area contributed by atoms with Gasteiger partial charge in [0.05, 0.1) is 23.3 Å². The summed E-state index contributed by atoms with van der Waals surface area (Å²) in [5.74, 6) is -0.120. The molecule has 1 fully saturated rings. The molecule has 3 aromatic rings. The molecule has 1 amide bonds. The number of pyridine rings is 1. The van der Waals surface area contributed by atoms with Crippen molar-refractivity contribution >= 4 is 57.5 Å². The quantitative estimate of drug-likeness (QED) is 0.309. The molecule has 3 heterocycles. The number of aromatic nitrogens is 1. The summed E-state index contributed by atoms with van der Waals surface area (Å²) >= 11 is 13.1. The number of carbonyl (C=O) groups excluding carboxylic acids is 1. The van der Waals surface area contributed by atoms with Gasteiger partial charge >= 0.3 is 0 Å². The zero-order valence-corrected chi connectivity index (χ0v) is 25.6. The van der Waals surface area contributed by atoms with Gasteiger partial charge in [-0.15, -0.1) is 0 Å². The van der Waals surface area contributed by atoms with E-state index >= 15 is 0 Å². The third kappa shape index (κ3) is 4.97. The number of thiocarbonyl (C=S) groups is 1. The minimum absolute atomic E-state index is 0.0142. The van der Waals surface area contributed by atoms with Crippen LogP contribution >= 0.6 is 23.8 Å². The van der Waals surface area contributed by atoms with E-state index in [1.807, 2.05) is 51.1 Å². The van der Waals surface area contributed by atoms with Gasteiger partial charge in [-0.05, 0) is 99.1 Å². The Morgan fingerprint density at radius 2 is 1.90 bits per heavy atom. The molecule has 0 saturated carbocycles. The third-order valence-electron chi connectivity index (χ3n) is 8.02. The lowest BCUT2D eigenvalue weighted by atomic mass is 9.86.